The Morgan fingerprint density at radius 1 is 1.36 bits per heavy atom. The number of nitrogens with zero attached hydrogens (tertiary/aromatic N) is 2. The number of fused-ring (bicyclic) bond motifs is 1. The van der Waals surface area contributed by atoms with Gasteiger partial charge in [0.1, 0.15) is 5.82 Å². The minimum absolute atomic E-state index is 0.350. The SMILES string of the molecule is Cc1nc(CN)nc2cccc(Cl)c12. The maximum Gasteiger partial charge on any atom is 0.142 e. The van der Waals surface area contributed by atoms with E-state index in [1.807, 2.05) is 25.1 Å². The predicted octanol–water partition coefficient (Wildman–Crippen LogP) is 2.05. The first kappa shape index (κ1) is 9.37. The molecular weight excluding hydrogens is 198 g/mol. The van der Waals surface area contributed by atoms with Crippen molar-refractivity contribution in [1.82, 2.24) is 9.97 Å². The highest BCUT2D eigenvalue weighted by atomic mass is 35.5. The molecule has 4 heteroatoms. The maximum atomic E-state index is 6.05. The molecule has 0 bridgehead atoms. The van der Waals surface area contributed by atoms with E-state index in [-0.39, 0.29) is 0 Å². The summed E-state index contributed by atoms with van der Waals surface area (Å²) in [6.45, 7) is 2.26. The lowest BCUT2D eigenvalue weighted by atomic mass is 10.2. The van der Waals surface area contributed by atoms with Crippen molar-refractivity contribution in [2.24, 2.45) is 5.73 Å². The zero-order valence-electron chi connectivity index (χ0n) is 7.79. The van der Waals surface area contributed by atoms with Crippen LogP contribution in [0.25, 0.3) is 10.9 Å². The Hall–Kier alpha value is -1.19. The third-order valence-electron chi connectivity index (χ3n) is 2.08. The summed E-state index contributed by atoms with van der Waals surface area (Å²) in [7, 11) is 0. The third-order valence-corrected chi connectivity index (χ3v) is 2.40. The standard InChI is InChI=1S/C10H10ClN3/c1-6-10-7(11)3-2-4-8(10)14-9(5-12)13-6/h2-4H,5,12H2,1H3. The summed E-state index contributed by atoms with van der Waals surface area (Å²) < 4.78 is 0. The van der Waals surface area contributed by atoms with Crippen LogP contribution in [-0.4, -0.2) is 9.97 Å². The molecule has 0 fully saturated rings. The fourth-order valence-corrected chi connectivity index (χ4v) is 1.78. The molecule has 0 aliphatic rings. The van der Waals surface area contributed by atoms with Crippen LogP contribution in [0.1, 0.15) is 11.5 Å². The largest absolute Gasteiger partial charge is 0.324 e. The molecule has 2 rings (SSSR count). The summed E-state index contributed by atoms with van der Waals surface area (Å²) in [5.41, 5.74) is 7.22. The fraction of sp³-hybridized carbons (Fsp3) is 0.200. The van der Waals surface area contributed by atoms with Crippen LogP contribution in [0.4, 0.5) is 0 Å². The van der Waals surface area contributed by atoms with Gasteiger partial charge in [-0.3, -0.25) is 0 Å². The molecule has 1 heterocycles. The maximum absolute atomic E-state index is 6.05. The van der Waals surface area contributed by atoms with E-state index in [4.69, 9.17) is 17.3 Å². The van der Waals surface area contributed by atoms with Crippen molar-refractivity contribution in [3.8, 4) is 0 Å². The van der Waals surface area contributed by atoms with Gasteiger partial charge >= 0.3 is 0 Å². The second kappa shape index (κ2) is 3.52. The van der Waals surface area contributed by atoms with E-state index in [1.54, 1.807) is 0 Å². The van der Waals surface area contributed by atoms with E-state index >= 15 is 0 Å². The number of aryl methyl sites for hydroxylation is 1. The zero-order valence-corrected chi connectivity index (χ0v) is 8.54. The van der Waals surface area contributed by atoms with Crippen molar-refractivity contribution < 1.29 is 0 Å². The van der Waals surface area contributed by atoms with Gasteiger partial charge in [0.05, 0.1) is 22.8 Å². The van der Waals surface area contributed by atoms with Crippen molar-refractivity contribution in [2.75, 3.05) is 0 Å². The molecule has 0 spiro atoms. The molecule has 0 aliphatic carbocycles. The monoisotopic (exact) mass is 207 g/mol. The van der Waals surface area contributed by atoms with E-state index in [0.29, 0.717) is 17.4 Å². The molecule has 2 aromatic rings. The molecule has 3 nitrogen and oxygen atoms in total. The second-order valence-electron chi connectivity index (χ2n) is 3.06. The molecule has 0 aliphatic heterocycles. The van der Waals surface area contributed by atoms with Crippen LogP contribution < -0.4 is 5.73 Å². The Morgan fingerprint density at radius 3 is 2.86 bits per heavy atom. The van der Waals surface area contributed by atoms with Crippen LogP contribution in [0, 0.1) is 6.92 Å². The number of halogens is 1. The van der Waals surface area contributed by atoms with Gasteiger partial charge in [-0.15, -0.1) is 0 Å². The van der Waals surface area contributed by atoms with Crippen LogP contribution in [0.3, 0.4) is 0 Å². The zero-order chi connectivity index (χ0) is 10.1. The first-order valence-corrected chi connectivity index (χ1v) is 4.72. The van der Waals surface area contributed by atoms with Crippen molar-refractivity contribution in [1.29, 1.82) is 0 Å². The Kier molecular flexibility index (Phi) is 2.35. The van der Waals surface area contributed by atoms with Gasteiger partial charge in [0, 0.05) is 5.39 Å². The van der Waals surface area contributed by atoms with Crippen molar-refractivity contribution >= 4 is 22.5 Å². The van der Waals surface area contributed by atoms with Gasteiger partial charge in [-0.05, 0) is 19.1 Å². The second-order valence-corrected chi connectivity index (χ2v) is 3.47. The summed E-state index contributed by atoms with van der Waals surface area (Å²) in [6.07, 6.45) is 0. The Labute approximate surface area is 86.9 Å². The summed E-state index contributed by atoms with van der Waals surface area (Å²) in [4.78, 5) is 8.55. The minimum Gasteiger partial charge on any atom is -0.324 e. The highest BCUT2D eigenvalue weighted by Gasteiger charge is 2.05. The number of hydrogen-bond donors (Lipinski definition) is 1. The van der Waals surface area contributed by atoms with Gasteiger partial charge in [0.15, 0.2) is 0 Å². The van der Waals surface area contributed by atoms with Crippen LogP contribution >= 0.6 is 11.6 Å². The molecular formula is C10H10ClN3. The molecule has 0 saturated heterocycles. The Morgan fingerprint density at radius 2 is 2.14 bits per heavy atom. The summed E-state index contributed by atoms with van der Waals surface area (Å²) in [6, 6.07) is 5.62. The van der Waals surface area contributed by atoms with Crippen LogP contribution in [0.15, 0.2) is 18.2 Å². The van der Waals surface area contributed by atoms with E-state index in [2.05, 4.69) is 9.97 Å². The molecule has 0 unspecified atom stereocenters. The van der Waals surface area contributed by atoms with Gasteiger partial charge in [-0.25, -0.2) is 9.97 Å². The van der Waals surface area contributed by atoms with Crippen molar-refractivity contribution in [2.45, 2.75) is 13.5 Å². The Bertz CT molecular complexity index is 482. The molecule has 0 amide bonds. The molecule has 1 aromatic carbocycles. The van der Waals surface area contributed by atoms with Crippen LogP contribution in [-0.2, 0) is 6.54 Å². The molecule has 0 atom stereocenters. The van der Waals surface area contributed by atoms with Gasteiger partial charge in [-0.1, -0.05) is 17.7 Å². The first-order valence-electron chi connectivity index (χ1n) is 4.34. The number of rotatable bonds is 1. The van der Waals surface area contributed by atoms with Crippen LogP contribution in [0.2, 0.25) is 5.02 Å². The number of hydrogen-bond acceptors (Lipinski definition) is 3. The van der Waals surface area contributed by atoms with Crippen molar-refractivity contribution in [3.05, 3.63) is 34.7 Å². The van der Waals surface area contributed by atoms with E-state index < -0.39 is 0 Å². The summed E-state index contributed by atoms with van der Waals surface area (Å²) in [5.74, 6) is 0.650. The molecule has 72 valence electrons. The van der Waals surface area contributed by atoms with Gasteiger partial charge in [0.25, 0.3) is 0 Å². The lowest BCUT2D eigenvalue weighted by Gasteiger charge is -2.04. The summed E-state index contributed by atoms with van der Waals surface area (Å²) >= 11 is 6.05. The average Bonchev–Trinajstić information content (AvgIpc) is 2.17. The molecule has 0 radical (unpaired) electrons. The average molecular weight is 208 g/mol. The number of benzene rings is 1. The molecule has 1 aromatic heterocycles. The van der Waals surface area contributed by atoms with Gasteiger partial charge < -0.3 is 5.73 Å². The predicted molar refractivity (Wildman–Crippen MR) is 57.2 cm³/mol. The first-order chi connectivity index (χ1) is 6.72. The third kappa shape index (κ3) is 1.45. The number of aromatic nitrogens is 2. The van der Waals surface area contributed by atoms with E-state index in [9.17, 15) is 0 Å². The number of nitrogens with two attached hydrogens (primary N) is 1. The highest BCUT2D eigenvalue weighted by Crippen LogP contribution is 2.23. The lowest BCUT2D eigenvalue weighted by Crippen LogP contribution is -2.04. The van der Waals surface area contributed by atoms with E-state index in [0.717, 1.165) is 16.6 Å². The topological polar surface area (TPSA) is 51.8 Å². The Balaban J connectivity index is 2.83. The lowest BCUT2D eigenvalue weighted by molar-refractivity contribution is 0.911. The molecule has 14 heavy (non-hydrogen) atoms. The molecule has 0 saturated carbocycles. The molecule has 2 N–H and O–H groups in total. The van der Waals surface area contributed by atoms with Crippen LogP contribution in [0.5, 0.6) is 0 Å². The minimum atomic E-state index is 0.350. The normalized spacial score (nSPS) is 10.8. The van der Waals surface area contributed by atoms with Gasteiger partial charge in [-0.2, -0.15) is 0 Å². The quantitative estimate of drug-likeness (QED) is 0.779. The summed E-state index contributed by atoms with van der Waals surface area (Å²) in [5, 5.41) is 1.59. The smallest absolute Gasteiger partial charge is 0.142 e. The highest BCUT2D eigenvalue weighted by molar-refractivity contribution is 6.35. The fourth-order valence-electron chi connectivity index (χ4n) is 1.47. The van der Waals surface area contributed by atoms with E-state index in [1.165, 1.54) is 0 Å². The van der Waals surface area contributed by atoms with Gasteiger partial charge in [0.2, 0.25) is 0 Å². The van der Waals surface area contributed by atoms with Crippen molar-refractivity contribution in [3.63, 3.8) is 0 Å².